The minimum absolute atomic E-state index is 0.157. The van der Waals surface area contributed by atoms with Gasteiger partial charge in [0.15, 0.2) is 0 Å². The maximum absolute atomic E-state index is 9.72. The van der Waals surface area contributed by atoms with Gasteiger partial charge in [-0.2, -0.15) is 5.10 Å². The van der Waals surface area contributed by atoms with E-state index in [-0.39, 0.29) is 12.1 Å². The third kappa shape index (κ3) is 6.58. The molecule has 1 aliphatic heterocycles. The molecule has 0 aromatic carbocycles. The van der Waals surface area contributed by atoms with Crippen LogP contribution < -0.4 is 5.73 Å². The van der Waals surface area contributed by atoms with Crippen LogP contribution in [-0.2, 0) is 11.3 Å². The van der Waals surface area contributed by atoms with Crippen LogP contribution in [-0.4, -0.2) is 54.9 Å². The SMILES string of the molecule is CC(C)(O)Cn1cc(-c2nc(N)ncc2Cl)cn1.OC1CCCOC1. The van der Waals surface area contributed by atoms with Crippen molar-refractivity contribution in [2.75, 3.05) is 18.9 Å². The number of rotatable bonds is 3. The molecule has 0 spiro atoms. The summed E-state index contributed by atoms with van der Waals surface area (Å²) in [7, 11) is 0. The van der Waals surface area contributed by atoms with Crippen molar-refractivity contribution in [2.45, 2.75) is 44.9 Å². The maximum atomic E-state index is 9.72. The van der Waals surface area contributed by atoms with E-state index in [1.54, 1.807) is 30.9 Å². The van der Waals surface area contributed by atoms with Crippen molar-refractivity contribution in [1.82, 2.24) is 19.7 Å². The minimum Gasteiger partial charge on any atom is -0.391 e. The van der Waals surface area contributed by atoms with Crippen LogP contribution in [0.15, 0.2) is 18.6 Å². The number of aliphatic hydroxyl groups is 2. The van der Waals surface area contributed by atoms with Gasteiger partial charge in [-0.05, 0) is 26.7 Å². The molecule has 0 radical (unpaired) electrons. The first kappa shape index (κ1) is 19.6. The zero-order chi connectivity index (χ0) is 18.4. The lowest BCUT2D eigenvalue weighted by Gasteiger charge is -2.16. The summed E-state index contributed by atoms with van der Waals surface area (Å²) in [5.74, 6) is 0.157. The van der Waals surface area contributed by atoms with Crippen LogP contribution in [0.1, 0.15) is 26.7 Å². The molecule has 138 valence electrons. The van der Waals surface area contributed by atoms with E-state index >= 15 is 0 Å². The van der Waals surface area contributed by atoms with Crippen molar-refractivity contribution in [2.24, 2.45) is 0 Å². The number of anilines is 1. The number of ether oxygens (including phenoxy) is 1. The summed E-state index contributed by atoms with van der Waals surface area (Å²) in [4.78, 5) is 7.87. The first-order valence-electron chi connectivity index (χ1n) is 8.03. The minimum atomic E-state index is -0.836. The van der Waals surface area contributed by atoms with Gasteiger partial charge in [-0.3, -0.25) is 4.68 Å². The number of nitrogen functional groups attached to an aromatic ring is 1. The van der Waals surface area contributed by atoms with Crippen LogP contribution in [0.5, 0.6) is 0 Å². The summed E-state index contributed by atoms with van der Waals surface area (Å²) in [5, 5.41) is 23.1. The molecule has 1 atom stereocenters. The quantitative estimate of drug-likeness (QED) is 0.749. The molecule has 2 aromatic heterocycles. The first-order valence-corrected chi connectivity index (χ1v) is 8.41. The van der Waals surface area contributed by atoms with E-state index in [2.05, 4.69) is 15.1 Å². The average Bonchev–Trinajstić information content (AvgIpc) is 2.97. The molecule has 2 aromatic rings. The standard InChI is InChI=1S/C11H14ClN5O.C5H10O2/c1-11(2,18)6-17-5-7(3-15-17)9-8(12)4-14-10(13)16-9;6-5-2-1-3-7-4-5/h3-5,18H,6H2,1-2H3,(H2,13,14,16);5-6H,1-4H2. The third-order valence-corrected chi connectivity index (χ3v) is 3.63. The molecular weight excluding hydrogens is 346 g/mol. The van der Waals surface area contributed by atoms with Crippen LogP contribution in [0, 0.1) is 0 Å². The second-order valence-corrected chi connectivity index (χ2v) is 6.94. The highest BCUT2D eigenvalue weighted by atomic mass is 35.5. The van der Waals surface area contributed by atoms with Crippen LogP contribution in [0.4, 0.5) is 5.95 Å². The molecule has 1 aliphatic rings. The molecule has 0 saturated carbocycles. The van der Waals surface area contributed by atoms with Crippen molar-refractivity contribution < 1.29 is 14.9 Å². The van der Waals surface area contributed by atoms with Gasteiger partial charge < -0.3 is 20.7 Å². The Labute approximate surface area is 151 Å². The van der Waals surface area contributed by atoms with Crippen LogP contribution >= 0.6 is 11.6 Å². The Bertz CT molecular complexity index is 681. The molecule has 25 heavy (non-hydrogen) atoms. The fraction of sp³-hybridized carbons (Fsp3) is 0.562. The fourth-order valence-electron chi connectivity index (χ4n) is 2.28. The molecule has 3 heterocycles. The van der Waals surface area contributed by atoms with E-state index in [1.165, 1.54) is 6.20 Å². The highest BCUT2D eigenvalue weighted by Crippen LogP contribution is 2.25. The second-order valence-electron chi connectivity index (χ2n) is 6.53. The Morgan fingerprint density at radius 3 is 2.76 bits per heavy atom. The average molecular weight is 370 g/mol. The lowest BCUT2D eigenvalue weighted by Crippen LogP contribution is -2.26. The molecule has 1 saturated heterocycles. The van der Waals surface area contributed by atoms with E-state index in [0.717, 1.165) is 25.0 Å². The van der Waals surface area contributed by atoms with Crippen molar-refractivity contribution in [3.8, 4) is 11.3 Å². The molecule has 8 nitrogen and oxygen atoms in total. The molecular formula is C16H24ClN5O3. The summed E-state index contributed by atoms with van der Waals surface area (Å²) < 4.78 is 6.56. The molecule has 0 amide bonds. The predicted molar refractivity (Wildman–Crippen MR) is 95.0 cm³/mol. The van der Waals surface area contributed by atoms with Gasteiger partial charge in [-0.15, -0.1) is 0 Å². The van der Waals surface area contributed by atoms with Crippen molar-refractivity contribution in [3.05, 3.63) is 23.6 Å². The molecule has 4 N–H and O–H groups in total. The Hall–Kier alpha value is -1.74. The zero-order valence-corrected chi connectivity index (χ0v) is 15.1. The largest absolute Gasteiger partial charge is 0.391 e. The molecule has 1 unspecified atom stereocenters. The molecule has 0 aliphatic carbocycles. The summed E-state index contributed by atoms with van der Waals surface area (Å²) in [6.07, 6.45) is 6.58. The lowest BCUT2D eigenvalue weighted by molar-refractivity contribution is -0.00535. The maximum Gasteiger partial charge on any atom is 0.220 e. The van der Waals surface area contributed by atoms with Gasteiger partial charge >= 0.3 is 0 Å². The lowest BCUT2D eigenvalue weighted by atomic mass is 10.1. The second kappa shape index (κ2) is 8.57. The zero-order valence-electron chi connectivity index (χ0n) is 14.4. The van der Waals surface area contributed by atoms with E-state index in [4.69, 9.17) is 27.2 Å². The van der Waals surface area contributed by atoms with Gasteiger partial charge in [-0.1, -0.05) is 11.6 Å². The summed E-state index contributed by atoms with van der Waals surface area (Å²) in [6.45, 7) is 5.18. The van der Waals surface area contributed by atoms with Crippen LogP contribution in [0.2, 0.25) is 5.02 Å². The van der Waals surface area contributed by atoms with E-state index < -0.39 is 5.60 Å². The van der Waals surface area contributed by atoms with E-state index in [9.17, 15) is 5.11 Å². The van der Waals surface area contributed by atoms with Crippen LogP contribution in [0.25, 0.3) is 11.3 Å². The van der Waals surface area contributed by atoms with Gasteiger partial charge in [0.05, 0.1) is 48.0 Å². The number of hydrogen-bond acceptors (Lipinski definition) is 7. The highest BCUT2D eigenvalue weighted by Gasteiger charge is 2.15. The molecule has 1 fully saturated rings. The van der Waals surface area contributed by atoms with Crippen molar-refractivity contribution in [1.29, 1.82) is 0 Å². The summed E-state index contributed by atoms with van der Waals surface area (Å²) >= 11 is 6.01. The summed E-state index contributed by atoms with van der Waals surface area (Å²) in [5.41, 5.74) is 5.96. The van der Waals surface area contributed by atoms with Gasteiger partial charge in [-0.25, -0.2) is 9.97 Å². The Morgan fingerprint density at radius 2 is 2.20 bits per heavy atom. The molecule has 3 rings (SSSR count). The number of aliphatic hydroxyl groups excluding tert-OH is 1. The number of nitrogens with two attached hydrogens (primary N) is 1. The third-order valence-electron chi connectivity index (χ3n) is 3.35. The predicted octanol–water partition coefficient (Wildman–Crippen LogP) is 1.50. The van der Waals surface area contributed by atoms with Gasteiger partial charge in [0, 0.05) is 18.4 Å². The first-order chi connectivity index (χ1) is 11.7. The highest BCUT2D eigenvalue weighted by molar-refractivity contribution is 6.32. The van der Waals surface area contributed by atoms with Crippen molar-refractivity contribution >= 4 is 17.5 Å². The summed E-state index contributed by atoms with van der Waals surface area (Å²) in [6, 6.07) is 0. The monoisotopic (exact) mass is 369 g/mol. The van der Waals surface area contributed by atoms with Crippen molar-refractivity contribution in [3.63, 3.8) is 0 Å². The normalized spacial score (nSPS) is 17.7. The number of aromatic nitrogens is 4. The van der Waals surface area contributed by atoms with Gasteiger partial charge in [0.1, 0.15) is 0 Å². The Morgan fingerprint density at radius 1 is 1.44 bits per heavy atom. The molecule has 9 heteroatoms. The van der Waals surface area contributed by atoms with Gasteiger partial charge in [0.25, 0.3) is 0 Å². The number of hydrogen-bond donors (Lipinski definition) is 3. The number of halogens is 1. The van der Waals surface area contributed by atoms with E-state index in [1.807, 2.05) is 0 Å². The topological polar surface area (TPSA) is 119 Å². The van der Waals surface area contributed by atoms with Crippen LogP contribution in [0.3, 0.4) is 0 Å². The number of nitrogens with zero attached hydrogens (tertiary/aromatic N) is 4. The smallest absolute Gasteiger partial charge is 0.220 e. The fourth-order valence-corrected chi connectivity index (χ4v) is 2.48. The molecule has 0 bridgehead atoms. The van der Waals surface area contributed by atoms with Gasteiger partial charge in [0.2, 0.25) is 5.95 Å². The van der Waals surface area contributed by atoms with E-state index in [0.29, 0.717) is 23.9 Å². The Balaban J connectivity index is 0.000000269. The Kier molecular flexibility index (Phi) is 6.71.